The number of aryl methyl sites for hydroxylation is 1. The molecule has 0 saturated heterocycles. The average molecular weight is 284 g/mol. The van der Waals surface area contributed by atoms with Gasteiger partial charge in [0, 0.05) is 5.41 Å². The van der Waals surface area contributed by atoms with E-state index in [2.05, 4.69) is 49.8 Å². The highest BCUT2D eigenvalue weighted by Gasteiger charge is 2.23. The standard InChI is InChI=1S/C18H20O3/c1-13-5-7-14(8-6-13)18(2,3)15-9-11-16(12-10-15)21-17(19)20-4/h5-12H,1-4H3. The molecule has 0 spiro atoms. The van der Waals surface area contributed by atoms with Crippen molar-refractivity contribution in [2.24, 2.45) is 0 Å². The van der Waals surface area contributed by atoms with Crippen LogP contribution in [0, 0.1) is 6.92 Å². The van der Waals surface area contributed by atoms with E-state index in [-0.39, 0.29) is 5.41 Å². The first kappa shape index (κ1) is 15.1. The summed E-state index contributed by atoms with van der Waals surface area (Å²) < 4.78 is 9.46. The number of carbonyl (C=O) groups excluding carboxylic acids is 1. The Morgan fingerprint density at radius 2 is 1.38 bits per heavy atom. The van der Waals surface area contributed by atoms with Crippen LogP contribution in [0.2, 0.25) is 0 Å². The average Bonchev–Trinajstić information content (AvgIpc) is 2.48. The van der Waals surface area contributed by atoms with E-state index < -0.39 is 6.16 Å². The van der Waals surface area contributed by atoms with Crippen molar-refractivity contribution in [3.63, 3.8) is 0 Å². The van der Waals surface area contributed by atoms with Gasteiger partial charge >= 0.3 is 6.16 Å². The molecule has 0 saturated carbocycles. The molecule has 110 valence electrons. The van der Waals surface area contributed by atoms with E-state index in [0.29, 0.717) is 5.75 Å². The Kier molecular flexibility index (Phi) is 4.32. The minimum Gasteiger partial charge on any atom is -0.437 e. The third-order valence-corrected chi connectivity index (χ3v) is 3.72. The van der Waals surface area contributed by atoms with Gasteiger partial charge < -0.3 is 9.47 Å². The summed E-state index contributed by atoms with van der Waals surface area (Å²) in [5, 5.41) is 0. The smallest absolute Gasteiger partial charge is 0.437 e. The molecule has 0 bridgehead atoms. The molecule has 2 aromatic rings. The summed E-state index contributed by atoms with van der Waals surface area (Å²) in [6.07, 6.45) is -0.708. The van der Waals surface area contributed by atoms with Crippen LogP contribution in [-0.2, 0) is 10.2 Å². The van der Waals surface area contributed by atoms with Crippen LogP contribution in [0.15, 0.2) is 48.5 Å². The normalized spacial score (nSPS) is 11.0. The van der Waals surface area contributed by atoms with Gasteiger partial charge in [0.1, 0.15) is 5.75 Å². The van der Waals surface area contributed by atoms with E-state index in [9.17, 15) is 4.79 Å². The number of hydrogen-bond donors (Lipinski definition) is 0. The van der Waals surface area contributed by atoms with Gasteiger partial charge in [-0.2, -0.15) is 0 Å². The van der Waals surface area contributed by atoms with Gasteiger partial charge in [0.25, 0.3) is 0 Å². The van der Waals surface area contributed by atoms with Gasteiger partial charge in [-0.1, -0.05) is 55.8 Å². The zero-order valence-electron chi connectivity index (χ0n) is 12.8. The van der Waals surface area contributed by atoms with Crippen molar-refractivity contribution in [1.29, 1.82) is 0 Å². The second-order valence-corrected chi connectivity index (χ2v) is 5.57. The van der Waals surface area contributed by atoms with Gasteiger partial charge in [0.15, 0.2) is 0 Å². The SMILES string of the molecule is COC(=O)Oc1ccc(C(C)(C)c2ccc(C)cc2)cc1. The molecule has 0 heterocycles. The molecule has 0 atom stereocenters. The molecule has 0 aliphatic rings. The maximum Gasteiger partial charge on any atom is 0.513 e. The molecule has 2 aromatic carbocycles. The van der Waals surface area contributed by atoms with Crippen molar-refractivity contribution in [2.45, 2.75) is 26.2 Å². The first-order valence-electron chi connectivity index (χ1n) is 6.87. The molecule has 0 N–H and O–H groups in total. The summed E-state index contributed by atoms with van der Waals surface area (Å²) in [7, 11) is 1.29. The summed E-state index contributed by atoms with van der Waals surface area (Å²) >= 11 is 0. The van der Waals surface area contributed by atoms with Crippen LogP contribution in [0.5, 0.6) is 5.75 Å². The van der Waals surface area contributed by atoms with E-state index in [1.165, 1.54) is 18.2 Å². The van der Waals surface area contributed by atoms with E-state index in [1.807, 2.05) is 12.1 Å². The van der Waals surface area contributed by atoms with Crippen molar-refractivity contribution in [2.75, 3.05) is 7.11 Å². The molecular formula is C18H20O3. The second kappa shape index (κ2) is 6.00. The number of ether oxygens (including phenoxy) is 2. The van der Waals surface area contributed by atoms with Crippen LogP contribution in [-0.4, -0.2) is 13.3 Å². The summed E-state index contributed by atoms with van der Waals surface area (Å²) in [6, 6.07) is 16.0. The van der Waals surface area contributed by atoms with Gasteiger partial charge in [-0.05, 0) is 30.2 Å². The van der Waals surface area contributed by atoms with Crippen molar-refractivity contribution in [1.82, 2.24) is 0 Å². The Bertz CT molecular complexity index is 610. The Morgan fingerprint density at radius 3 is 1.86 bits per heavy atom. The fourth-order valence-electron chi connectivity index (χ4n) is 2.21. The van der Waals surface area contributed by atoms with Gasteiger partial charge in [-0.25, -0.2) is 4.79 Å². The Labute approximate surface area is 125 Å². The molecule has 0 amide bonds. The molecule has 0 aliphatic heterocycles. The van der Waals surface area contributed by atoms with Crippen LogP contribution in [0.1, 0.15) is 30.5 Å². The summed E-state index contributed by atoms with van der Waals surface area (Å²) in [5.41, 5.74) is 3.53. The maximum absolute atomic E-state index is 11.1. The Balaban J connectivity index is 2.24. The largest absolute Gasteiger partial charge is 0.513 e. The van der Waals surface area contributed by atoms with E-state index in [0.717, 1.165) is 5.56 Å². The highest BCUT2D eigenvalue weighted by Crippen LogP contribution is 2.32. The van der Waals surface area contributed by atoms with Gasteiger partial charge in [0.2, 0.25) is 0 Å². The van der Waals surface area contributed by atoms with E-state index in [1.54, 1.807) is 12.1 Å². The summed E-state index contributed by atoms with van der Waals surface area (Å²) in [6.45, 7) is 6.43. The zero-order valence-corrected chi connectivity index (χ0v) is 12.8. The molecule has 21 heavy (non-hydrogen) atoms. The van der Waals surface area contributed by atoms with Crippen molar-refractivity contribution >= 4 is 6.16 Å². The lowest BCUT2D eigenvalue weighted by Gasteiger charge is -2.26. The molecule has 0 radical (unpaired) electrons. The molecule has 0 aliphatic carbocycles. The van der Waals surface area contributed by atoms with Crippen LogP contribution in [0.25, 0.3) is 0 Å². The topological polar surface area (TPSA) is 35.5 Å². The Morgan fingerprint density at radius 1 is 0.905 bits per heavy atom. The molecular weight excluding hydrogens is 264 g/mol. The van der Waals surface area contributed by atoms with Gasteiger partial charge in [-0.15, -0.1) is 0 Å². The number of hydrogen-bond acceptors (Lipinski definition) is 3. The third-order valence-electron chi connectivity index (χ3n) is 3.72. The highest BCUT2D eigenvalue weighted by atomic mass is 16.7. The van der Waals surface area contributed by atoms with Crippen LogP contribution in [0.3, 0.4) is 0 Å². The first-order valence-corrected chi connectivity index (χ1v) is 6.87. The minimum atomic E-state index is -0.708. The quantitative estimate of drug-likeness (QED) is 0.616. The number of carbonyl (C=O) groups is 1. The molecule has 0 fully saturated rings. The first-order chi connectivity index (χ1) is 9.93. The number of rotatable bonds is 3. The molecule has 2 rings (SSSR count). The maximum atomic E-state index is 11.1. The lowest BCUT2D eigenvalue weighted by molar-refractivity contribution is 0.121. The third kappa shape index (κ3) is 3.43. The monoisotopic (exact) mass is 284 g/mol. The number of benzene rings is 2. The second-order valence-electron chi connectivity index (χ2n) is 5.57. The fraction of sp³-hybridized carbons (Fsp3) is 0.278. The number of methoxy groups -OCH3 is 1. The lowest BCUT2D eigenvalue weighted by Crippen LogP contribution is -2.18. The molecule has 0 unspecified atom stereocenters. The predicted molar refractivity (Wildman–Crippen MR) is 82.8 cm³/mol. The molecule has 0 aromatic heterocycles. The summed E-state index contributed by atoms with van der Waals surface area (Å²) in [4.78, 5) is 11.1. The lowest BCUT2D eigenvalue weighted by atomic mass is 9.78. The van der Waals surface area contributed by atoms with Crippen molar-refractivity contribution < 1.29 is 14.3 Å². The van der Waals surface area contributed by atoms with Gasteiger partial charge in [0.05, 0.1) is 7.11 Å². The zero-order chi connectivity index (χ0) is 15.5. The fourth-order valence-corrected chi connectivity index (χ4v) is 2.21. The summed E-state index contributed by atoms with van der Waals surface area (Å²) in [5.74, 6) is 0.477. The van der Waals surface area contributed by atoms with E-state index in [4.69, 9.17) is 4.74 Å². The van der Waals surface area contributed by atoms with E-state index >= 15 is 0 Å². The highest BCUT2D eigenvalue weighted by molar-refractivity contribution is 5.63. The predicted octanol–water partition coefficient (Wildman–Crippen LogP) is 4.47. The van der Waals surface area contributed by atoms with Crippen molar-refractivity contribution in [3.05, 3.63) is 65.2 Å². The van der Waals surface area contributed by atoms with Crippen LogP contribution in [0.4, 0.5) is 4.79 Å². The minimum absolute atomic E-state index is 0.114. The molecule has 3 nitrogen and oxygen atoms in total. The van der Waals surface area contributed by atoms with Crippen LogP contribution >= 0.6 is 0 Å². The molecule has 3 heteroatoms. The Hall–Kier alpha value is -2.29. The van der Waals surface area contributed by atoms with Gasteiger partial charge in [-0.3, -0.25) is 0 Å². The van der Waals surface area contributed by atoms with Crippen LogP contribution < -0.4 is 4.74 Å². The van der Waals surface area contributed by atoms with Crippen molar-refractivity contribution in [3.8, 4) is 5.75 Å².